The van der Waals surface area contributed by atoms with E-state index in [1.54, 1.807) is 0 Å². The van der Waals surface area contributed by atoms with Crippen LogP contribution in [0.3, 0.4) is 0 Å². The van der Waals surface area contributed by atoms with Crippen molar-refractivity contribution >= 4 is 23.4 Å². The zero-order chi connectivity index (χ0) is 12.7. The van der Waals surface area contributed by atoms with Gasteiger partial charge in [-0.25, -0.2) is 9.97 Å². The molecule has 0 aliphatic rings. The number of thioether (sulfide) groups is 1. The topological polar surface area (TPSA) is 49.8 Å². The molecule has 0 aliphatic carbocycles. The average Bonchev–Trinajstić information content (AvgIpc) is 2.25. The molecule has 0 bridgehead atoms. The molecule has 0 saturated carbocycles. The van der Waals surface area contributed by atoms with Crippen LogP contribution in [0, 0.1) is 6.92 Å². The highest BCUT2D eigenvalue weighted by atomic mass is 32.2. The molecule has 1 unspecified atom stereocenters. The molecule has 1 aromatic heterocycles. The quantitative estimate of drug-likeness (QED) is 0.783. The van der Waals surface area contributed by atoms with Gasteiger partial charge < -0.3 is 10.6 Å². The number of hydrogen-bond donors (Lipinski definition) is 2. The maximum absolute atomic E-state index is 4.39. The highest BCUT2D eigenvalue weighted by molar-refractivity contribution is 7.98. The summed E-state index contributed by atoms with van der Waals surface area (Å²) in [6.07, 6.45) is 3.20. The number of rotatable bonds is 7. The Bertz CT molecular complexity index is 343. The number of anilines is 2. The van der Waals surface area contributed by atoms with Gasteiger partial charge in [0.25, 0.3) is 0 Å². The lowest BCUT2D eigenvalue weighted by atomic mass is 10.3. The predicted octanol–water partition coefficient (Wildman–Crippen LogP) is 2.77. The van der Waals surface area contributed by atoms with Crippen molar-refractivity contribution in [2.75, 3.05) is 29.2 Å². The van der Waals surface area contributed by atoms with Crippen LogP contribution in [-0.4, -0.2) is 34.6 Å². The van der Waals surface area contributed by atoms with Crippen molar-refractivity contribution in [2.24, 2.45) is 0 Å². The molecule has 0 radical (unpaired) electrons. The molecule has 1 aromatic rings. The summed E-state index contributed by atoms with van der Waals surface area (Å²) in [5.41, 5.74) is 0. The van der Waals surface area contributed by atoms with Gasteiger partial charge in [-0.2, -0.15) is 11.8 Å². The van der Waals surface area contributed by atoms with Gasteiger partial charge in [-0.05, 0) is 26.5 Å². The number of aryl methyl sites for hydroxylation is 1. The molecule has 5 heteroatoms. The fourth-order valence-corrected chi connectivity index (χ4v) is 2.11. The van der Waals surface area contributed by atoms with Gasteiger partial charge in [0, 0.05) is 24.4 Å². The highest BCUT2D eigenvalue weighted by Gasteiger charge is 2.05. The van der Waals surface area contributed by atoms with Gasteiger partial charge in [0.1, 0.15) is 17.5 Å². The summed E-state index contributed by atoms with van der Waals surface area (Å²) >= 11 is 1.83. The van der Waals surface area contributed by atoms with E-state index >= 15 is 0 Å². The first-order valence-corrected chi connectivity index (χ1v) is 7.40. The van der Waals surface area contributed by atoms with Crippen LogP contribution in [0.15, 0.2) is 6.07 Å². The van der Waals surface area contributed by atoms with E-state index in [4.69, 9.17) is 0 Å². The summed E-state index contributed by atoms with van der Waals surface area (Å²) < 4.78 is 0. The average molecular weight is 254 g/mol. The standard InChI is InChI=1S/C12H22N4S/c1-5-6-13-11-7-12(16-10(3)15-11)14-9(2)8-17-4/h7,9H,5-6,8H2,1-4H3,(H2,13,14,15,16). The Labute approximate surface area is 108 Å². The lowest BCUT2D eigenvalue weighted by Gasteiger charge is -2.14. The van der Waals surface area contributed by atoms with E-state index in [9.17, 15) is 0 Å². The van der Waals surface area contributed by atoms with Crippen LogP contribution < -0.4 is 10.6 Å². The molecule has 0 saturated heterocycles. The first kappa shape index (κ1) is 14.1. The number of nitrogens with zero attached hydrogens (tertiary/aromatic N) is 2. The van der Waals surface area contributed by atoms with Crippen molar-refractivity contribution in [3.63, 3.8) is 0 Å². The molecule has 17 heavy (non-hydrogen) atoms. The van der Waals surface area contributed by atoms with Crippen LogP contribution in [0.4, 0.5) is 11.6 Å². The van der Waals surface area contributed by atoms with Crippen LogP contribution in [-0.2, 0) is 0 Å². The van der Waals surface area contributed by atoms with E-state index in [2.05, 4.69) is 40.7 Å². The Kier molecular flexibility index (Phi) is 6.11. The summed E-state index contributed by atoms with van der Waals surface area (Å²) in [4.78, 5) is 8.75. The minimum Gasteiger partial charge on any atom is -0.370 e. The van der Waals surface area contributed by atoms with Crippen LogP contribution in [0.25, 0.3) is 0 Å². The second kappa shape index (κ2) is 7.37. The summed E-state index contributed by atoms with van der Waals surface area (Å²) in [5.74, 6) is 3.67. The monoisotopic (exact) mass is 254 g/mol. The van der Waals surface area contributed by atoms with Gasteiger partial charge in [-0.15, -0.1) is 0 Å². The molecule has 0 spiro atoms. The zero-order valence-corrected chi connectivity index (χ0v) is 11.9. The van der Waals surface area contributed by atoms with E-state index in [1.807, 2.05) is 24.8 Å². The number of aromatic nitrogens is 2. The predicted molar refractivity (Wildman–Crippen MR) is 77.0 cm³/mol. The Balaban J connectivity index is 2.67. The normalized spacial score (nSPS) is 12.2. The summed E-state index contributed by atoms with van der Waals surface area (Å²) in [5, 5.41) is 6.67. The maximum Gasteiger partial charge on any atom is 0.132 e. The van der Waals surface area contributed by atoms with E-state index in [0.29, 0.717) is 6.04 Å². The Morgan fingerprint density at radius 2 is 2.06 bits per heavy atom. The van der Waals surface area contributed by atoms with Crippen LogP contribution in [0.1, 0.15) is 26.1 Å². The van der Waals surface area contributed by atoms with Crippen molar-refractivity contribution in [3.05, 3.63) is 11.9 Å². The van der Waals surface area contributed by atoms with Gasteiger partial charge in [-0.3, -0.25) is 0 Å². The van der Waals surface area contributed by atoms with E-state index in [-0.39, 0.29) is 0 Å². The van der Waals surface area contributed by atoms with E-state index in [0.717, 1.165) is 36.2 Å². The summed E-state index contributed by atoms with van der Waals surface area (Å²) in [6.45, 7) is 7.16. The minimum atomic E-state index is 0.415. The fourth-order valence-electron chi connectivity index (χ4n) is 1.53. The Morgan fingerprint density at radius 3 is 2.71 bits per heavy atom. The van der Waals surface area contributed by atoms with Crippen LogP contribution in [0.5, 0.6) is 0 Å². The smallest absolute Gasteiger partial charge is 0.132 e. The number of nitrogens with one attached hydrogen (secondary N) is 2. The van der Waals surface area contributed by atoms with Gasteiger partial charge in [0.2, 0.25) is 0 Å². The van der Waals surface area contributed by atoms with Gasteiger partial charge in [0.05, 0.1) is 0 Å². The third kappa shape index (κ3) is 5.26. The SMILES string of the molecule is CCCNc1cc(NC(C)CSC)nc(C)n1. The van der Waals surface area contributed by atoms with Crippen LogP contribution in [0.2, 0.25) is 0 Å². The second-order valence-corrected chi connectivity index (χ2v) is 5.02. The van der Waals surface area contributed by atoms with Crippen molar-refractivity contribution < 1.29 is 0 Å². The molecule has 2 N–H and O–H groups in total. The van der Waals surface area contributed by atoms with Gasteiger partial charge in [-0.1, -0.05) is 6.92 Å². The molecule has 0 amide bonds. The van der Waals surface area contributed by atoms with E-state index < -0.39 is 0 Å². The van der Waals surface area contributed by atoms with Gasteiger partial charge >= 0.3 is 0 Å². The molecule has 0 aromatic carbocycles. The maximum atomic E-state index is 4.39. The molecule has 96 valence electrons. The van der Waals surface area contributed by atoms with Gasteiger partial charge in [0.15, 0.2) is 0 Å². The first-order chi connectivity index (χ1) is 8.15. The lowest BCUT2D eigenvalue weighted by molar-refractivity contribution is 0.890. The third-order valence-corrected chi connectivity index (χ3v) is 3.04. The first-order valence-electron chi connectivity index (χ1n) is 6.00. The molecule has 4 nitrogen and oxygen atoms in total. The third-order valence-electron chi connectivity index (χ3n) is 2.21. The Hall–Kier alpha value is -0.970. The van der Waals surface area contributed by atoms with E-state index in [1.165, 1.54) is 0 Å². The van der Waals surface area contributed by atoms with Crippen molar-refractivity contribution in [3.8, 4) is 0 Å². The molecule has 1 rings (SSSR count). The number of hydrogen-bond acceptors (Lipinski definition) is 5. The fraction of sp³-hybridized carbons (Fsp3) is 0.667. The largest absolute Gasteiger partial charge is 0.370 e. The zero-order valence-electron chi connectivity index (χ0n) is 11.1. The lowest BCUT2D eigenvalue weighted by Crippen LogP contribution is -2.19. The Morgan fingerprint density at radius 1 is 1.35 bits per heavy atom. The molecular weight excluding hydrogens is 232 g/mol. The van der Waals surface area contributed by atoms with Crippen molar-refractivity contribution in [2.45, 2.75) is 33.2 Å². The van der Waals surface area contributed by atoms with Crippen molar-refractivity contribution in [1.29, 1.82) is 0 Å². The van der Waals surface area contributed by atoms with Crippen molar-refractivity contribution in [1.82, 2.24) is 9.97 Å². The molecule has 0 aliphatic heterocycles. The van der Waals surface area contributed by atoms with Crippen LogP contribution >= 0.6 is 11.8 Å². The second-order valence-electron chi connectivity index (χ2n) is 4.11. The summed E-state index contributed by atoms with van der Waals surface area (Å²) in [6, 6.07) is 2.39. The summed E-state index contributed by atoms with van der Waals surface area (Å²) in [7, 11) is 0. The molecular formula is C12H22N4S. The minimum absolute atomic E-state index is 0.415. The highest BCUT2D eigenvalue weighted by Crippen LogP contribution is 2.13. The molecule has 1 atom stereocenters. The molecule has 1 heterocycles. The molecule has 0 fully saturated rings.